The molecule has 3 rings (SSSR count). The van der Waals surface area contributed by atoms with Crippen molar-refractivity contribution in [1.82, 2.24) is 15.1 Å². The molecule has 0 spiro atoms. The van der Waals surface area contributed by atoms with Gasteiger partial charge in [0.05, 0.1) is 6.10 Å². The zero-order chi connectivity index (χ0) is 18.9. The Bertz CT molecular complexity index is 569. The van der Waals surface area contributed by atoms with Gasteiger partial charge in [0.15, 0.2) is 5.96 Å². The van der Waals surface area contributed by atoms with E-state index in [0.717, 1.165) is 51.6 Å². The first-order valence-corrected chi connectivity index (χ1v) is 10.6. The predicted octanol–water partition coefficient (Wildman–Crippen LogP) is 3.12. The molecule has 5 heteroatoms. The Morgan fingerprint density at radius 2 is 1.89 bits per heavy atom. The van der Waals surface area contributed by atoms with E-state index in [1.165, 1.54) is 31.4 Å². The SMILES string of the molecule is CCOC1CCN(C(=NC)NCC2CCCCN2Cc2ccccc2)CC1. The molecule has 5 nitrogen and oxygen atoms in total. The van der Waals surface area contributed by atoms with Crippen LogP contribution in [0.15, 0.2) is 35.3 Å². The fourth-order valence-electron chi connectivity index (χ4n) is 4.33. The van der Waals surface area contributed by atoms with Crippen LogP contribution >= 0.6 is 0 Å². The Kier molecular flexibility index (Phi) is 7.96. The van der Waals surface area contributed by atoms with E-state index in [-0.39, 0.29) is 0 Å². The number of hydrogen-bond donors (Lipinski definition) is 1. The maximum absolute atomic E-state index is 5.78. The van der Waals surface area contributed by atoms with Crippen LogP contribution in [0, 0.1) is 0 Å². The molecular weight excluding hydrogens is 336 g/mol. The van der Waals surface area contributed by atoms with Gasteiger partial charge in [-0.25, -0.2) is 0 Å². The first-order chi connectivity index (χ1) is 13.3. The second-order valence-electron chi connectivity index (χ2n) is 7.68. The Morgan fingerprint density at radius 3 is 2.59 bits per heavy atom. The number of hydrogen-bond acceptors (Lipinski definition) is 3. The number of aliphatic imine (C=N–C) groups is 1. The van der Waals surface area contributed by atoms with Crippen LogP contribution in [0.1, 0.15) is 44.6 Å². The van der Waals surface area contributed by atoms with Crippen molar-refractivity contribution in [2.24, 2.45) is 4.99 Å². The minimum Gasteiger partial charge on any atom is -0.378 e. The molecule has 1 N–H and O–H groups in total. The Hall–Kier alpha value is -1.59. The van der Waals surface area contributed by atoms with E-state index < -0.39 is 0 Å². The molecule has 1 unspecified atom stereocenters. The van der Waals surface area contributed by atoms with E-state index in [2.05, 4.69) is 57.4 Å². The number of piperidine rings is 2. The van der Waals surface area contributed by atoms with Crippen LogP contribution in [-0.2, 0) is 11.3 Å². The fourth-order valence-corrected chi connectivity index (χ4v) is 4.33. The molecule has 0 bridgehead atoms. The van der Waals surface area contributed by atoms with Crippen molar-refractivity contribution in [2.75, 3.05) is 39.8 Å². The molecular formula is C22H36N4O. The van der Waals surface area contributed by atoms with Crippen LogP contribution in [-0.4, -0.2) is 67.7 Å². The Morgan fingerprint density at radius 1 is 1.11 bits per heavy atom. The molecule has 1 aromatic carbocycles. The summed E-state index contributed by atoms with van der Waals surface area (Å²) in [6.45, 7) is 8.18. The van der Waals surface area contributed by atoms with Crippen molar-refractivity contribution in [3.63, 3.8) is 0 Å². The van der Waals surface area contributed by atoms with Crippen molar-refractivity contribution < 1.29 is 4.74 Å². The summed E-state index contributed by atoms with van der Waals surface area (Å²) in [6.07, 6.45) is 6.52. The lowest BCUT2D eigenvalue weighted by Crippen LogP contribution is -2.51. The van der Waals surface area contributed by atoms with Crippen LogP contribution in [0.2, 0.25) is 0 Å². The summed E-state index contributed by atoms with van der Waals surface area (Å²) in [4.78, 5) is 9.58. The Labute approximate surface area is 164 Å². The molecule has 0 saturated carbocycles. The standard InChI is InChI=1S/C22H36N4O/c1-3-27-21-12-15-25(16-13-21)22(23-2)24-17-20-11-7-8-14-26(20)18-19-9-5-4-6-10-19/h4-6,9-10,20-21H,3,7-8,11-18H2,1-2H3,(H,23,24). The molecule has 0 aliphatic carbocycles. The number of rotatable bonds is 6. The highest BCUT2D eigenvalue weighted by Crippen LogP contribution is 2.20. The van der Waals surface area contributed by atoms with Crippen molar-refractivity contribution in [3.8, 4) is 0 Å². The summed E-state index contributed by atoms with van der Waals surface area (Å²) in [6, 6.07) is 11.4. The van der Waals surface area contributed by atoms with Gasteiger partial charge in [-0.1, -0.05) is 36.8 Å². The third-order valence-electron chi connectivity index (χ3n) is 5.83. The first kappa shape index (κ1) is 20.2. The summed E-state index contributed by atoms with van der Waals surface area (Å²) in [5.74, 6) is 1.05. The summed E-state index contributed by atoms with van der Waals surface area (Å²) in [7, 11) is 1.90. The first-order valence-electron chi connectivity index (χ1n) is 10.6. The third kappa shape index (κ3) is 5.94. The zero-order valence-corrected chi connectivity index (χ0v) is 17.1. The molecule has 1 atom stereocenters. The number of likely N-dealkylation sites (tertiary alicyclic amines) is 2. The van der Waals surface area contributed by atoms with E-state index in [0.29, 0.717) is 12.1 Å². The molecule has 2 aliphatic rings. The largest absolute Gasteiger partial charge is 0.378 e. The van der Waals surface area contributed by atoms with Gasteiger partial charge in [-0.3, -0.25) is 9.89 Å². The maximum atomic E-state index is 5.78. The molecule has 2 aliphatic heterocycles. The molecule has 1 aromatic rings. The second kappa shape index (κ2) is 10.7. The minimum absolute atomic E-state index is 0.420. The van der Waals surface area contributed by atoms with Crippen molar-refractivity contribution in [1.29, 1.82) is 0 Å². The zero-order valence-electron chi connectivity index (χ0n) is 17.1. The quantitative estimate of drug-likeness (QED) is 0.615. The van der Waals surface area contributed by atoms with Crippen molar-refractivity contribution in [2.45, 2.75) is 57.7 Å². The highest BCUT2D eigenvalue weighted by Gasteiger charge is 2.25. The highest BCUT2D eigenvalue weighted by molar-refractivity contribution is 5.80. The van der Waals surface area contributed by atoms with Gasteiger partial charge in [-0.2, -0.15) is 0 Å². The average molecular weight is 373 g/mol. The molecule has 0 radical (unpaired) electrons. The van der Waals surface area contributed by atoms with Crippen LogP contribution in [0.5, 0.6) is 0 Å². The third-order valence-corrected chi connectivity index (χ3v) is 5.83. The second-order valence-corrected chi connectivity index (χ2v) is 7.68. The average Bonchev–Trinajstić information content (AvgIpc) is 2.72. The molecule has 2 heterocycles. The molecule has 0 aromatic heterocycles. The van der Waals surface area contributed by atoms with Gasteiger partial charge in [-0.05, 0) is 44.7 Å². The van der Waals surface area contributed by atoms with E-state index >= 15 is 0 Å². The predicted molar refractivity (Wildman–Crippen MR) is 112 cm³/mol. The number of ether oxygens (including phenoxy) is 1. The topological polar surface area (TPSA) is 40.1 Å². The van der Waals surface area contributed by atoms with Gasteiger partial charge >= 0.3 is 0 Å². The molecule has 0 amide bonds. The molecule has 2 saturated heterocycles. The summed E-state index contributed by atoms with van der Waals surface area (Å²) >= 11 is 0. The number of nitrogens with zero attached hydrogens (tertiary/aromatic N) is 3. The Balaban J connectivity index is 1.50. The van der Waals surface area contributed by atoms with Gasteiger partial charge in [0, 0.05) is 45.9 Å². The van der Waals surface area contributed by atoms with Crippen molar-refractivity contribution in [3.05, 3.63) is 35.9 Å². The van der Waals surface area contributed by atoms with Gasteiger partial charge in [0.1, 0.15) is 0 Å². The number of nitrogens with one attached hydrogen (secondary N) is 1. The lowest BCUT2D eigenvalue weighted by atomic mass is 10.0. The van der Waals surface area contributed by atoms with Gasteiger partial charge in [-0.15, -0.1) is 0 Å². The van der Waals surface area contributed by atoms with E-state index in [1.54, 1.807) is 0 Å². The maximum Gasteiger partial charge on any atom is 0.193 e. The van der Waals surface area contributed by atoms with Crippen LogP contribution < -0.4 is 5.32 Å². The summed E-state index contributed by atoms with van der Waals surface area (Å²) in [5.41, 5.74) is 1.41. The van der Waals surface area contributed by atoms with Gasteiger partial charge in [0.25, 0.3) is 0 Å². The normalized spacial score (nSPS) is 22.8. The molecule has 27 heavy (non-hydrogen) atoms. The smallest absolute Gasteiger partial charge is 0.193 e. The van der Waals surface area contributed by atoms with Gasteiger partial charge in [0.2, 0.25) is 0 Å². The number of benzene rings is 1. The van der Waals surface area contributed by atoms with E-state index in [1.807, 2.05) is 7.05 Å². The van der Waals surface area contributed by atoms with Gasteiger partial charge < -0.3 is 15.0 Å². The van der Waals surface area contributed by atoms with Crippen LogP contribution in [0.4, 0.5) is 0 Å². The minimum atomic E-state index is 0.420. The summed E-state index contributed by atoms with van der Waals surface area (Å²) in [5, 5.41) is 3.66. The van der Waals surface area contributed by atoms with Crippen LogP contribution in [0.3, 0.4) is 0 Å². The molecule has 150 valence electrons. The monoisotopic (exact) mass is 372 g/mol. The van der Waals surface area contributed by atoms with E-state index in [4.69, 9.17) is 4.74 Å². The number of guanidine groups is 1. The highest BCUT2D eigenvalue weighted by atomic mass is 16.5. The lowest BCUT2D eigenvalue weighted by molar-refractivity contribution is 0.0262. The fraction of sp³-hybridized carbons (Fsp3) is 0.682. The van der Waals surface area contributed by atoms with Crippen LogP contribution in [0.25, 0.3) is 0 Å². The summed E-state index contributed by atoms with van der Waals surface area (Å²) < 4.78 is 5.78. The van der Waals surface area contributed by atoms with E-state index in [9.17, 15) is 0 Å². The lowest BCUT2D eigenvalue weighted by Gasteiger charge is -2.38. The molecule has 2 fully saturated rings. The van der Waals surface area contributed by atoms with Crippen molar-refractivity contribution >= 4 is 5.96 Å².